The van der Waals surface area contributed by atoms with E-state index in [9.17, 15) is 9.59 Å². The molecule has 0 aliphatic carbocycles. The van der Waals surface area contributed by atoms with E-state index in [4.69, 9.17) is 5.73 Å². The lowest BCUT2D eigenvalue weighted by Gasteiger charge is -2.14. The van der Waals surface area contributed by atoms with Crippen LogP contribution in [0.2, 0.25) is 0 Å². The van der Waals surface area contributed by atoms with Crippen LogP contribution in [0, 0.1) is 0 Å². The molecule has 1 aromatic rings. The van der Waals surface area contributed by atoms with E-state index in [1.54, 1.807) is 10.9 Å². The largest absolute Gasteiger partial charge is 0.468 e. The number of aryl methyl sites for hydroxylation is 1. The van der Waals surface area contributed by atoms with Crippen LogP contribution in [0.1, 0.15) is 17.4 Å². The molecule has 1 aromatic heterocycles. The van der Waals surface area contributed by atoms with E-state index in [2.05, 4.69) is 9.84 Å². The maximum absolute atomic E-state index is 11.9. The summed E-state index contributed by atoms with van der Waals surface area (Å²) in [5, 5.41) is 4.03. The third kappa shape index (κ3) is 2.96. The molecule has 7 heteroatoms. The van der Waals surface area contributed by atoms with Crippen molar-refractivity contribution in [3.63, 3.8) is 0 Å². The summed E-state index contributed by atoms with van der Waals surface area (Å²) in [4.78, 5) is 24.2. The lowest BCUT2D eigenvalue weighted by Crippen LogP contribution is -2.33. The molecule has 0 saturated heterocycles. The van der Waals surface area contributed by atoms with Crippen molar-refractivity contribution in [2.45, 2.75) is 13.5 Å². The van der Waals surface area contributed by atoms with Gasteiger partial charge in [0.2, 0.25) is 0 Å². The van der Waals surface area contributed by atoms with Gasteiger partial charge in [0, 0.05) is 19.8 Å². The predicted octanol–water partition coefficient (Wildman–Crippen LogP) is -0.270. The number of hydrogen-bond donors (Lipinski definition) is 1. The Balaban J connectivity index is 2.81. The van der Waals surface area contributed by atoms with Crippen LogP contribution < -0.4 is 5.73 Å². The summed E-state index contributed by atoms with van der Waals surface area (Å²) < 4.78 is 6.04. The van der Waals surface area contributed by atoms with Gasteiger partial charge in [0.05, 0.1) is 12.8 Å². The monoisotopic (exact) mass is 240 g/mol. The lowest BCUT2D eigenvalue weighted by molar-refractivity contribution is -0.141. The van der Waals surface area contributed by atoms with Gasteiger partial charge in [-0.1, -0.05) is 0 Å². The fraction of sp³-hybridized carbons (Fsp3) is 0.500. The Hall–Kier alpha value is -2.05. The van der Waals surface area contributed by atoms with Crippen LogP contribution in [0.15, 0.2) is 6.20 Å². The molecule has 94 valence electrons. The number of nitrogen functional groups attached to an aromatic ring is 1. The quantitative estimate of drug-likeness (QED) is 0.731. The fourth-order valence-corrected chi connectivity index (χ4v) is 1.28. The van der Waals surface area contributed by atoms with Crippen molar-refractivity contribution >= 4 is 17.6 Å². The first-order chi connectivity index (χ1) is 7.99. The van der Waals surface area contributed by atoms with Crippen LogP contribution in [0.3, 0.4) is 0 Å². The van der Waals surface area contributed by atoms with Crippen LogP contribution in [0.4, 0.5) is 5.69 Å². The molecule has 0 bridgehead atoms. The summed E-state index contributed by atoms with van der Waals surface area (Å²) in [7, 11) is 2.75. The summed E-state index contributed by atoms with van der Waals surface area (Å²) >= 11 is 0. The predicted molar refractivity (Wildman–Crippen MR) is 61.3 cm³/mol. The third-order valence-electron chi connectivity index (χ3n) is 2.26. The number of nitrogens with two attached hydrogens (primary N) is 1. The molecule has 17 heavy (non-hydrogen) atoms. The van der Waals surface area contributed by atoms with E-state index in [0.717, 1.165) is 0 Å². The van der Waals surface area contributed by atoms with Crippen molar-refractivity contribution in [3.8, 4) is 0 Å². The van der Waals surface area contributed by atoms with Crippen molar-refractivity contribution in [1.82, 2.24) is 14.7 Å². The maximum Gasteiger partial charge on any atom is 0.325 e. The van der Waals surface area contributed by atoms with E-state index in [0.29, 0.717) is 12.2 Å². The molecule has 2 N–H and O–H groups in total. The zero-order valence-corrected chi connectivity index (χ0v) is 10.1. The first kappa shape index (κ1) is 13.0. The van der Waals surface area contributed by atoms with E-state index in [1.807, 2.05) is 6.92 Å². The highest BCUT2D eigenvalue weighted by atomic mass is 16.5. The van der Waals surface area contributed by atoms with Crippen LogP contribution in [-0.2, 0) is 16.1 Å². The molecule has 0 saturated carbocycles. The van der Waals surface area contributed by atoms with Gasteiger partial charge in [-0.05, 0) is 6.92 Å². The first-order valence-corrected chi connectivity index (χ1v) is 5.14. The van der Waals surface area contributed by atoms with Crippen LogP contribution in [0.25, 0.3) is 0 Å². The molecule has 0 radical (unpaired) electrons. The maximum atomic E-state index is 11.9. The molecular formula is C10H16N4O3. The van der Waals surface area contributed by atoms with Gasteiger partial charge in [0.15, 0.2) is 5.69 Å². The molecule has 0 aliphatic heterocycles. The summed E-state index contributed by atoms with van der Waals surface area (Å²) in [5.74, 6) is -0.894. The number of carbonyl (C=O) groups excluding carboxylic acids is 2. The molecule has 1 heterocycles. The molecule has 0 fully saturated rings. The Bertz CT molecular complexity index is 427. The molecule has 0 aromatic carbocycles. The minimum atomic E-state index is -0.491. The highest BCUT2D eigenvalue weighted by molar-refractivity contribution is 5.98. The number of nitrogens with zero attached hydrogens (tertiary/aromatic N) is 3. The number of likely N-dealkylation sites (N-methyl/N-ethyl adjacent to an activating group) is 1. The van der Waals surface area contributed by atoms with Crippen molar-refractivity contribution < 1.29 is 14.3 Å². The molecule has 1 amide bonds. The van der Waals surface area contributed by atoms with Crippen molar-refractivity contribution in [2.75, 3.05) is 26.4 Å². The van der Waals surface area contributed by atoms with Gasteiger partial charge in [0.1, 0.15) is 6.54 Å². The van der Waals surface area contributed by atoms with Gasteiger partial charge >= 0.3 is 5.97 Å². The Kier molecular flexibility index (Phi) is 4.08. The zero-order chi connectivity index (χ0) is 13.0. The van der Waals surface area contributed by atoms with E-state index in [1.165, 1.54) is 19.1 Å². The third-order valence-corrected chi connectivity index (χ3v) is 2.26. The van der Waals surface area contributed by atoms with Crippen LogP contribution in [0.5, 0.6) is 0 Å². The fourth-order valence-electron chi connectivity index (χ4n) is 1.28. The molecule has 1 rings (SSSR count). The minimum absolute atomic E-state index is 0.131. The van der Waals surface area contributed by atoms with Crippen molar-refractivity contribution in [3.05, 3.63) is 11.9 Å². The Morgan fingerprint density at radius 3 is 2.71 bits per heavy atom. The van der Waals surface area contributed by atoms with Gasteiger partial charge in [-0.3, -0.25) is 14.3 Å². The first-order valence-electron chi connectivity index (χ1n) is 5.14. The number of methoxy groups -OCH3 is 1. The molecule has 0 atom stereocenters. The van der Waals surface area contributed by atoms with Gasteiger partial charge in [-0.2, -0.15) is 5.10 Å². The highest BCUT2D eigenvalue weighted by Crippen LogP contribution is 2.11. The standard InChI is InChI=1S/C10H16N4O3/c1-4-14-5-7(11)9(12-14)10(16)13(2)6-8(15)17-3/h5H,4,6,11H2,1-3H3. The lowest BCUT2D eigenvalue weighted by atomic mass is 10.3. The zero-order valence-electron chi connectivity index (χ0n) is 10.1. The van der Waals surface area contributed by atoms with Crippen molar-refractivity contribution in [1.29, 1.82) is 0 Å². The number of aromatic nitrogens is 2. The van der Waals surface area contributed by atoms with Crippen LogP contribution in [-0.4, -0.2) is 47.3 Å². The normalized spacial score (nSPS) is 10.1. The minimum Gasteiger partial charge on any atom is -0.468 e. The number of rotatable bonds is 4. The average molecular weight is 240 g/mol. The SMILES string of the molecule is CCn1cc(N)c(C(=O)N(C)CC(=O)OC)n1. The second kappa shape index (κ2) is 5.33. The Morgan fingerprint density at radius 2 is 2.24 bits per heavy atom. The number of anilines is 1. The van der Waals surface area contributed by atoms with Crippen molar-refractivity contribution in [2.24, 2.45) is 0 Å². The summed E-state index contributed by atoms with van der Waals surface area (Å²) in [6.45, 7) is 2.38. The summed E-state index contributed by atoms with van der Waals surface area (Å²) in [5.41, 5.74) is 6.12. The van der Waals surface area contributed by atoms with E-state index in [-0.39, 0.29) is 12.2 Å². The topological polar surface area (TPSA) is 90.5 Å². The van der Waals surface area contributed by atoms with Gasteiger partial charge in [-0.15, -0.1) is 0 Å². The highest BCUT2D eigenvalue weighted by Gasteiger charge is 2.20. The Labute approximate surface area is 99.1 Å². The second-order valence-corrected chi connectivity index (χ2v) is 3.53. The average Bonchev–Trinajstić information content (AvgIpc) is 2.69. The second-order valence-electron chi connectivity index (χ2n) is 3.53. The number of amides is 1. The smallest absolute Gasteiger partial charge is 0.325 e. The van der Waals surface area contributed by atoms with Gasteiger partial charge < -0.3 is 15.4 Å². The number of ether oxygens (including phenoxy) is 1. The van der Waals surface area contributed by atoms with Gasteiger partial charge in [-0.25, -0.2) is 0 Å². The molecule has 0 spiro atoms. The number of hydrogen-bond acceptors (Lipinski definition) is 5. The molecule has 0 aliphatic rings. The number of esters is 1. The van der Waals surface area contributed by atoms with Crippen LogP contribution >= 0.6 is 0 Å². The van der Waals surface area contributed by atoms with E-state index < -0.39 is 11.9 Å². The molecular weight excluding hydrogens is 224 g/mol. The number of carbonyl (C=O) groups is 2. The Morgan fingerprint density at radius 1 is 1.59 bits per heavy atom. The molecule has 7 nitrogen and oxygen atoms in total. The van der Waals surface area contributed by atoms with E-state index >= 15 is 0 Å². The summed E-state index contributed by atoms with van der Waals surface area (Å²) in [6.07, 6.45) is 1.58. The molecule has 0 unspecified atom stereocenters. The van der Waals surface area contributed by atoms with Gasteiger partial charge in [0.25, 0.3) is 5.91 Å². The summed E-state index contributed by atoms with van der Waals surface area (Å²) in [6, 6.07) is 0.